The molecule has 0 radical (unpaired) electrons. The van der Waals surface area contributed by atoms with Crippen molar-refractivity contribution in [2.24, 2.45) is 0 Å². The number of fused-ring (bicyclic) bond motifs is 1. The molecule has 33 heavy (non-hydrogen) atoms. The first-order valence-electron chi connectivity index (χ1n) is 10.6. The summed E-state index contributed by atoms with van der Waals surface area (Å²) >= 11 is 0. The number of nitrogens with one attached hydrogen (secondary N) is 1. The third-order valence-electron chi connectivity index (χ3n) is 5.72. The molecule has 0 fully saturated rings. The number of hydrogen-bond donors (Lipinski definition) is 1. The summed E-state index contributed by atoms with van der Waals surface area (Å²) in [5, 5.41) is 11.0. The lowest BCUT2D eigenvalue weighted by Gasteiger charge is -2.29. The average molecular weight is 461 g/mol. The van der Waals surface area contributed by atoms with E-state index in [-0.39, 0.29) is 36.7 Å². The predicted molar refractivity (Wildman–Crippen MR) is 112 cm³/mol. The van der Waals surface area contributed by atoms with E-state index < -0.39 is 30.2 Å². The van der Waals surface area contributed by atoms with E-state index in [0.717, 1.165) is 11.6 Å². The molecule has 4 rings (SSSR count). The Bertz CT molecular complexity index is 1120. The molecule has 1 N–H and O–H groups in total. The summed E-state index contributed by atoms with van der Waals surface area (Å²) in [6.45, 7) is 0.621. The molecule has 0 saturated carbocycles. The minimum atomic E-state index is -1.26. The van der Waals surface area contributed by atoms with Crippen LogP contribution < -0.4 is 5.32 Å². The topological polar surface area (TPSA) is 63.1 Å². The molecule has 6 nitrogen and oxygen atoms in total. The van der Waals surface area contributed by atoms with Crippen molar-refractivity contribution in [1.82, 2.24) is 25.0 Å². The van der Waals surface area contributed by atoms with Gasteiger partial charge >= 0.3 is 0 Å². The van der Waals surface area contributed by atoms with E-state index in [1.807, 2.05) is 30.3 Å². The first-order valence-corrected chi connectivity index (χ1v) is 10.6. The summed E-state index contributed by atoms with van der Waals surface area (Å²) < 4.78 is 56.0. The fraction of sp³-hybridized carbons (Fsp3) is 0.348. The third-order valence-corrected chi connectivity index (χ3v) is 5.72. The zero-order chi connectivity index (χ0) is 23.4. The Morgan fingerprint density at radius 2 is 1.79 bits per heavy atom. The molecule has 0 saturated heterocycles. The number of aromatic nitrogens is 3. The molecule has 1 aromatic heterocycles. The molecule has 0 spiro atoms. The Morgan fingerprint density at radius 3 is 2.55 bits per heavy atom. The molecule has 1 aliphatic rings. The number of hydrogen-bond acceptors (Lipinski definition) is 4. The highest BCUT2D eigenvalue weighted by Gasteiger charge is 2.27. The van der Waals surface area contributed by atoms with Crippen molar-refractivity contribution >= 4 is 5.91 Å². The van der Waals surface area contributed by atoms with Gasteiger partial charge in [0, 0.05) is 38.2 Å². The molecule has 0 aliphatic carbocycles. The molecule has 2 heterocycles. The second-order valence-electron chi connectivity index (χ2n) is 7.96. The Balaban J connectivity index is 1.47. The van der Waals surface area contributed by atoms with Crippen LogP contribution in [0.5, 0.6) is 0 Å². The van der Waals surface area contributed by atoms with Crippen molar-refractivity contribution in [3.8, 4) is 0 Å². The summed E-state index contributed by atoms with van der Waals surface area (Å²) in [5.74, 6) is -2.74. The normalized spacial score (nSPS) is 14.2. The summed E-state index contributed by atoms with van der Waals surface area (Å²) in [5.41, 5.74) is 0.948. The second-order valence-corrected chi connectivity index (χ2v) is 7.96. The van der Waals surface area contributed by atoms with Gasteiger partial charge in [-0.05, 0) is 23.6 Å². The molecule has 3 aromatic rings. The number of alkyl halides is 1. The van der Waals surface area contributed by atoms with Gasteiger partial charge in [-0.1, -0.05) is 30.3 Å². The molecular formula is C23H23F4N5O. The minimum absolute atomic E-state index is 0.00235. The van der Waals surface area contributed by atoms with Crippen molar-refractivity contribution < 1.29 is 22.4 Å². The maximum Gasteiger partial charge on any atom is 0.224 e. The van der Waals surface area contributed by atoms with Crippen molar-refractivity contribution in [1.29, 1.82) is 0 Å². The number of amides is 1. The van der Waals surface area contributed by atoms with Crippen molar-refractivity contribution in [2.75, 3.05) is 6.54 Å². The van der Waals surface area contributed by atoms with Crippen LogP contribution >= 0.6 is 0 Å². The van der Waals surface area contributed by atoms with Gasteiger partial charge in [-0.2, -0.15) is 0 Å². The van der Waals surface area contributed by atoms with Crippen LogP contribution in [0.1, 0.15) is 29.2 Å². The smallest absolute Gasteiger partial charge is 0.224 e. The van der Waals surface area contributed by atoms with Crippen LogP contribution in [0.4, 0.5) is 17.6 Å². The molecule has 10 heteroatoms. The summed E-state index contributed by atoms with van der Waals surface area (Å²) in [6.07, 6.45) is 0.00695. The number of carbonyl (C=O) groups is 1. The lowest BCUT2D eigenvalue weighted by atomic mass is 10.0. The van der Waals surface area contributed by atoms with Gasteiger partial charge in [-0.15, -0.1) is 10.2 Å². The first-order chi connectivity index (χ1) is 15.9. The van der Waals surface area contributed by atoms with Gasteiger partial charge in [0.05, 0.1) is 6.54 Å². The summed E-state index contributed by atoms with van der Waals surface area (Å²) in [4.78, 5) is 14.6. The Kier molecular flexibility index (Phi) is 7.02. The van der Waals surface area contributed by atoms with Crippen molar-refractivity contribution in [3.05, 3.63) is 82.7 Å². The van der Waals surface area contributed by atoms with Gasteiger partial charge in [-0.25, -0.2) is 17.6 Å². The molecule has 0 bridgehead atoms. The van der Waals surface area contributed by atoms with E-state index in [1.165, 1.54) is 0 Å². The molecule has 2 aromatic carbocycles. The average Bonchev–Trinajstić information content (AvgIpc) is 3.24. The molecule has 174 valence electrons. The highest BCUT2D eigenvalue weighted by Crippen LogP contribution is 2.19. The maximum atomic E-state index is 14.3. The Morgan fingerprint density at radius 1 is 1.03 bits per heavy atom. The van der Waals surface area contributed by atoms with Gasteiger partial charge in [0.2, 0.25) is 5.91 Å². The lowest BCUT2D eigenvalue weighted by molar-refractivity contribution is -0.133. The molecule has 1 amide bonds. The van der Waals surface area contributed by atoms with Crippen LogP contribution in [0.15, 0.2) is 42.5 Å². The van der Waals surface area contributed by atoms with Crippen LogP contribution in [-0.2, 0) is 37.5 Å². The Hall–Kier alpha value is -3.27. The van der Waals surface area contributed by atoms with Crippen LogP contribution in [0.25, 0.3) is 0 Å². The quantitative estimate of drug-likeness (QED) is 0.413. The van der Waals surface area contributed by atoms with E-state index >= 15 is 0 Å². The number of nitrogens with zero attached hydrogens (tertiary/aromatic N) is 4. The van der Waals surface area contributed by atoms with Gasteiger partial charge in [0.1, 0.15) is 12.5 Å². The van der Waals surface area contributed by atoms with Crippen molar-refractivity contribution in [3.63, 3.8) is 0 Å². The summed E-state index contributed by atoms with van der Waals surface area (Å²) in [6, 6.07) is 10.3. The Labute approximate surface area is 188 Å². The summed E-state index contributed by atoms with van der Waals surface area (Å²) in [7, 11) is 0. The van der Waals surface area contributed by atoms with E-state index in [2.05, 4.69) is 15.5 Å². The molecule has 1 atom stereocenters. The number of benzene rings is 2. The highest BCUT2D eigenvalue weighted by molar-refractivity contribution is 5.77. The van der Waals surface area contributed by atoms with Crippen LogP contribution in [0.3, 0.4) is 0 Å². The zero-order valence-corrected chi connectivity index (χ0v) is 17.8. The molecule has 0 unspecified atom stereocenters. The standard InChI is InChI=1S/C23H23F4N5O/c24-12-21-29-30-22-14-31(6-7-32(21)22)23(33)10-17(28-13-15-4-2-1-3-5-15)8-16-9-19(26)20(27)11-18(16)25/h1-5,9,11,17,28H,6-8,10,12-14H2/t17-/m1/s1. The third kappa shape index (κ3) is 5.39. The number of rotatable bonds is 8. The second kappa shape index (κ2) is 10.1. The predicted octanol–water partition coefficient (Wildman–Crippen LogP) is 3.30. The largest absolute Gasteiger partial charge is 0.333 e. The van der Waals surface area contributed by atoms with Gasteiger partial charge in [-0.3, -0.25) is 4.79 Å². The van der Waals surface area contributed by atoms with Crippen molar-refractivity contribution in [2.45, 2.75) is 45.2 Å². The maximum absolute atomic E-state index is 14.3. The van der Waals surface area contributed by atoms with Crippen LogP contribution in [-0.4, -0.2) is 38.2 Å². The highest BCUT2D eigenvalue weighted by atomic mass is 19.2. The number of carbonyl (C=O) groups excluding carboxylic acids is 1. The van der Waals surface area contributed by atoms with Gasteiger partial charge < -0.3 is 14.8 Å². The van der Waals surface area contributed by atoms with E-state index in [4.69, 9.17) is 0 Å². The fourth-order valence-electron chi connectivity index (χ4n) is 3.93. The van der Waals surface area contributed by atoms with E-state index in [9.17, 15) is 22.4 Å². The lowest BCUT2D eigenvalue weighted by Crippen LogP contribution is -2.43. The van der Waals surface area contributed by atoms with Gasteiger partial charge in [0.25, 0.3) is 0 Å². The number of halogens is 4. The molecule has 1 aliphatic heterocycles. The fourth-order valence-corrected chi connectivity index (χ4v) is 3.93. The monoisotopic (exact) mass is 461 g/mol. The van der Waals surface area contributed by atoms with Crippen LogP contribution in [0.2, 0.25) is 0 Å². The van der Waals surface area contributed by atoms with Gasteiger partial charge in [0.15, 0.2) is 23.3 Å². The minimum Gasteiger partial charge on any atom is -0.333 e. The van der Waals surface area contributed by atoms with E-state index in [0.29, 0.717) is 31.5 Å². The first kappa shape index (κ1) is 22.9. The SMILES string of the molecule is O=C(C[C@@H](Cc1cc(F)c(F)cc1F)NCc1ccccc1)N1CCn2c(CF)nnc2C1. The van der Waals surface area contributed by atoms with Crippen LogP contribution in [0, 0.1) is 17.5 Å². The zero-order valence-electron chi connectivity index (χ0n) is 17.8. The molecular weight excluding hydrogens is 438 g/mol. The van der Waals surface area contributed by atoms with E-state index in [1.54, 1.807) is 9.47 Å².